The minimum Gasteiger partial charge on any atom is -0.484 e. The molecule has 1 amide bonds. The zero-order valence-corrected chi connectivity index (χ0v) is 16.6. The molecule has 0 saturated heterocycles. The fraction of sp³-hybridized carbons (Fsp3) is 0.200. The molecule has 0 atom stereocenters. The lowest BCUT2D eigenvalue weighted by Gasteiger charge is -2.07. The minimum atomic E-state index is -0.278. The number of carbonyl (C=O) groups is 1. The SMILES string of the molecule is Cc1cccc(-c2nnc3sc(NC(=O)COc4ccc(C)c(C)c4)nn23)c1. The molecular formula is C20H19N5O2S. The molecule has 0 spiro atoms. The number of nitrogens with zero attached hydrogens (tertiary/aromatic N) is 4. The summed E-state index contributed by atoms with van der Waals surface area (Å²) in [6.07, 6.45) is 0. The number of aryl methyl sites for hydroxylation is 3. The van der Waals surface area contributed by atoms with Crippen molar-refractivity contribution in [2.75, 3.05) is 11.9 Å². The van der Waals surface area contributed by atoms with Gasteiger partial charge in [-0.15, -0.1) is 15.3 Å². The first-order valence-corrected chi connectivity index (χ1v) is 9.60. The summed E-state index contributed by atoms with van der Waals surface area (Å²) in [4.78, 5) is 12.8. The first kappa shape index (κ1) is 18.1. The Hall–Kier alpha value is -3.26. The Morgan fingerprint density at radius 2 is 1.96 bits per heavy atom. The van der Waals surface area contributed by atoms with E-state index in [9.17, 15) is 4.79 Å². The van der Waals surface area contributed by atoms with Gasteiger partial charge in [0.25, 0.3) is 5.91 Å². The van der Waals surface area contributed by atoms with Crippen LogP contribution in [0.2, 0.25) is 0 Å². The molecule has 8 heteroatoms. The Morgan fingerprint density at radius 1 is 1.11 bits per heavy atom. The second-order valence-electron chi connectivity index (χ2n) is 6.58. The Bertz CT molecular complexity index is 1160. The average Bonchev–Trinajstić information content (AvgIpc) is 3.22. The Morgan fingerprint density at radius 3 is 2.75 bits per heavy atom. The molecule has 4 aromatic rings. The topological polar surface area (TPSA) is 81.4 Å². The number of aromatic nitrogens is 4. The lowest BCUT2D eigenvalue weighted by atomic mass is 10.1. The highest BCUT2D eigenvalue weighted by atomic mass is 32.1. The largest absolute Gasteiger partial charge is 0.484 e. The van der Waals surface area contributed by atoms with Crippen LogP contribution in [0.5, 0.6) is 5.75 Å². The third kappa shape index (κ3) is 3.72. The lowest BCUT2D eigenvalue weighted by Crippen LogP contribution is -2.20. The van der Waals surface area contributed by atoms with Crippen molar-refractivity contribution >= 4 is 27.3 Å². The minimum absolute atomic E-state index is 0.0899. The van der Waals surface area contributed by atoms with Gasteiger partial charge in [0, 0.05) is 5.56 Å². The highest BCUT2D eigenvalue weighted by Gasteiger charge is 2.15. The van der Waals surface area contributed by atoms with Crippen molar-refractivity contribution in [1.29, 1.82) is 0 Å². The number of amides is 1. The van der Waals surface area contributed by atoms with Gasteiger partial charge in [-0.1, -0.05) is 41.2 Å². The van der Waals surface area contributed by atoms with E-state index in [1.54, 1.807) is 4.52 Å². The number of nitrogens with one attached hydrogen (secondary N) is 1. The number of fused-ring (bicyclic) bond motifs is 1. The van der Waals surface area contributed by atoms with E-state index in [0.29, 0.717) is 21.7 Å². The molecule has 2 aromatic heterocycles. The maximum atomic E-state index is 12.2. The number of anilines is 1. The molecule has 0 radical (unpaired) electrons. The van der Waals surface area contributed by atoms with Crippen molar-refractivity contribution < 1.29 is 9.53 Å². The zero-order valence-electron chi connectivity index (χ0n) is 15.8. The van der Waals surface area contributed by atoms with Crippen LogP contribution in [0.3, 0.4) is 0 Å². The fourth-order valence-electron chi connectivity index (χ4n) is 2.74. The zero-order chi connectivity index (χ0) is 19.7. The molecule has 28 heavy (non-hydrogen) atoms. The molecule has 0 bridgehead atoms. The Balaban J connectivity index is 1.46. The molecule has 1 N–H and O–H groups in total. The van der Waals surface area contributed by atoms with Gasteiger partial charge in [0.05, 0.1) is 0 Å². The van der Waals surface area contributed by atoms with Gasteiger partial charge >= 0.3 is 0 Å². The van der Waals surface area contributed by atoms with E-state index in [1.165, 1.54) is 16.9 Å². The Labute approximate surface area is 166 Å². The van der Waals surface area contributed by atoms with E-state index < -0.39 is 0 Å². The van der Waals surface area contributed by atoms with Crippen LogP contribution in [0.15, 0.2) is 42.5 Å². The molecule has 0 unspecified atom stereocenters. The van der Waals surface area contributed by atoms with Gasteiger partial charge in [-0.05, 0) is 50.1 Å². The quantitative estimate of drug-likeness (QED) is 0.558. The van der Waals surface area contributed by atoms with Crippen LogP contribution < -0.4 is 10.1 Å². The van der Waals surface area contributed by atoms with Crippen LogP contribution in [0, 0.1) is 20.8 Å². The number of benzene rings is 2. The molecule has 2 aromatic carbocycles. The molecule has 4 rings (SSSR count). The van der Waals surface area contributed by atoms with Crippen molar-refractivity contribution in [3.05, 3.63) is 59.2 Å². The molecular weight excluding hydrogens is 374 g/mol. The van der Waals surface area contributed by atoms with Crippen molar-refractivity contribution in [2.24, 2.45) is 0 Å². The predicted molar refractivity (Wildman–Crippen MR) is 109 cm³/mol. The summed E-state index contributed by atoms with van der Waals surface area (Å²) >= 11 is 1.26. The van der Waals surface area contributed by atoms with Gasteiger partial charge in [0.15, 0.2) is 12.4 Å². The van der Waals surface area contributed by atoms with E-state index in [4.69, 9.17) is 4.74 Å². The van der Waals surface area contributed by atoms with Gasteiger partial charge in [-0.2, -0.15) is 4.52 Å². The number of ether oxygens (including phenoxy) is 1. The summed E-state index contributed by atoms with van der Waals surface area (Å²) in [6, 6.07) is 13.7. The van der Waals surface area contributed by atoms with Crippen molar-refractivity contribution in [1.82, 2.24) is 19.8 Å². The van der Waals surface area contributed by atoms with Gasteiger partial charge < -0.3 is 4.74 Å². The number of rotatable bonds is 5. The average molecular weight is 393 g/mol. The predicted octanol–water partition coefficient (Wildman–Crippen LogP) is 3.80. The smallest absolute Gasteiger partial charge is 0.264 e. The summed E-state index contributed by atoms with van der Waals surface area (Å²) in [5.41, 5.74) is 4.35. The molecule has 7 nitrogen and oxygen atoms in total. The van der Waals surface area contributed by atoms with E-state index in [1.807, 2.05) is 63.2 Å². The third-order valence-electron chi connectivity index (χ3n) is 4.36. The standard InChI is InChI=1S/C20H19N5O2S/c1-12-5-4-6-15(9-12)18-22-23-20-25(18)24-19(28-20)21-17(26)11-27-16-8-7-13(2)14(3)10-16/h4-10H,11H2,1-3H3,(H,21,24,26). The molecule has 2 heterocycles. The van der Waals surface area contributed by atoms with Crippen molar-refractivity contribution in [2.45, 2.75) is 20.8 Å². The summed E-state index contributed by atoms with van der Waals surface area (Å²) < 4.78 is 7.21. The van der Waals surface area contributed by atoms with E-state index in [0.717, 1.165) is 16.7 Å². The number of hydrogen-bond acceptors (Lipinski definition) is 6. The molecule has 0 aliphatic rings. The van der Waals surface area contributed by atoms with E-state index in [-0.39, 0.29) is 12.5 Å². The van der Waals surface area contributed by atoms with E-state index >= 15 is 0 Å². The monoisotopic (exact) mass is 393 g/mol. The fourth-order valence-corrected chi connectivity index (χ4v) is 3.50. The van der Waals surface area contributed by atoms with Crippen LogP contribution >= 0.6 is 11.3 Å². The van der Waals surface area contributed by atoms with E-state index in [2.05, 4.69) is 20.6 Å². The lowest BCUT2D eigenvalue weighted by molar-refractivity contribution is -0.118. The first-order chi connectivity index (χ1) is 13.5. The van der Waals surface area contributed by atoms with Crippen molar-refractivity contribution in [3.8, 4) is 17.1 Å². The van der Waals surface area contributed by atoms with Gasteiger partial charge in [0.2, 0.25) is 10.1 Å². The summed E-state index contributed by atoms with van der Waals surface area (Å²) in [5.74, 6) is 1.03. The maximum absolute atomic E-state index is 12.2. The van der Waals surface area contributed by atoms with Crippen LogP contribution in [0.1, 0.15) is 16.7 Å². The molecule has 0 saturated carbocycles. The summed E-state index contributed by atoms with van der Waals surface area (Å²) in [6.45, 7) is 5.97. The van der Waals surface area contributed by atoms with Gasteiger partial charge in [-0.25, -0.2) is 0 Å². The van der Waals surface area contributed by atoms with Crippen molar-refractivity contribution in [3.63, 3.8) is 0 Å². The molecule has 0 fully saturated rings. The number of carbonyl (C=O) groups excluding carboxylic acids is 1. The highest BCUT2D eigenvalue weighted by Crippen LogP contribution is 2.24. The second-order valence-corrected chi connectivity index (χ2v) is 7.53. The number of hydrogen-bond donors (Lipinski definition) is 1. The molecule has 0 aliphatic heterocycles. The maximum Gasteiger partial charge on any atom is 0.264 e. The molecule has 0 aliphatic carbocycles. The van der Waals surface area contributed by atoms with Gasteiger partial charge in [0.1, 0.15) is 5.75 Å². The van der Waals surface area contributed by atoms with Crippen LogP contribution in [-0.4, -0.2) is 32.3 Å². The Kier molecular flexibility index (Phi) is 4.79. The summed E-state index contributed by atoms with van der Waals surface area (Å²) in [7, 11) is 0. The van der Waals surface area contributed by atoms with Crippen LogP contribution in [-0.2, 0) is 4.79 Å². The summed E-state index contributed by atoms with van der Waals surface area (Å²) in [5, 5.41) is 16.0. The highest BCUT2D eigenvalue weighted by molar-refractivity contribution is 7.20. The second kappa shape index (κ2) is 7.40. The third-order valence-corrected chi connectivity index (χ3v) is 5.18. The van der Waals surface area contributed by atoms with Crippen LogP contribution in [0.25, 0.3) is 16.3 Å². The first-order valence-electron chi connectivity index (χ1n) is 8.79. The van der Waals surface area contributed by atoms with Gasteiger partial charge in [-0.3, -0.25) is 10.1 Å². The normalized spacial score (nSPS) is 11.0. The molecule has 142 valence electrons. The van der Waals surface area contributed by atoms with Crippen LogP contribution in [0.4, 0.5) is 5.13 Å².